The van der Waals surface area contributed by atoms with Crippen LogP contribution in [0.3, 0.4) is 0 Å². The first kappa shape index (κ1) is 31.5. The zero-order valence-corrected chi connectivity index (χ0v) is 23.3. The highest BCUT2D eigenvalue weighted by Crippen LogP contribution is 2.47. The van der Waals surface area contributed by atoms with E-state index in [1.54, 1.807) is 33.1 Å². The predicted octanol–water partition coefficient (Wildman–Crippen LogP) is 1.17. The molecule has 4 atom stereocenters. The molecule has 3 heterocycles. The van der Waals surface area contributed by atoms with Gasteiger partial charge in [0.25, 0.3) is 5.91 Å². The third kappa shape index (κ3) is 6.66. The number of carbonyl (C=O) groups excluding carboxylic acids is 1. The number of aryl methyl sites for hydroxylation is 1. The molecular weight excluding hydrogens is 540 g/mol. The number of amides is 1. The number of hydrogen-bond donors (Lipinski definition) is 5. The van der Waals surface area contributed by atoms with E-state index in [2.05, 4.69) is 4.98 Å². The molecule has 0 bridgehead atoms. The summed E-state index contributed by atoms with van der Waals surface area (Å²) in [5, 5.41) is 46.9. The maximum absolute atomic E-state index is 12.6. The molecule has 0 aliphatic carbocycles. The van der Waals surface area contributed by atoms with Crippen LogP contribution in [0, 0.1) is 17.2 Å². The highest BCUT2D eigenvalue weighted by Gasteiger charge is 2.49. The van der Waals surface area contributed by atoms with Gasteiger partial charge in [-0.2, -0.15) is 0 Å². The van der Waals surface area contributed by atoms with Crippen LogP contribution in [-0.4, -0.2) is 106 Å². The number of aliphatic hydroxyl groups is 3. The maximum Gasteiger partial charge on any atom is 0.337 e. The number of anilines is 1. The summed E-state index contributed by atoms with van der Waals surface area (Å²) in [6.45, 7) is 6.29. The molecule has 2 aromatic rings. The number of rotatable bonds is 9. The van der Waals surface area contributed by atoms with E-state index in [-0.39, 0.29) is 30.7 Å². The minimum absolute atomic E-state index is 0.148. The van der Waals surface area contributed by atoms with Gasteiger partial charge in [0.1, 0.15) is 11.9 Å². The van der Waals surface area contributed by atoms with Crippen LogP contribution in [0.2, 0.25) is 0 Å². The fourth-order valence-corrected chi connectivity index (χ4v) is 5.20. The number of aromatic carboxylic acids is 1. The van der Waals surface area contributed by atoms with Gasteiger partial charge in [0, 0.05) is 30.6 Å². The van der Waals surface area contributed by atoms with Crippen LogP contribution >= 0.6 is 0 Å². The van der Waals surface area contributed by atoms with Gasteiger partial charge in [-0.1, -0.05) is 13.0 Å². The molecule has 2 saturated heterocycles. The number of carboxylic acid groups (broad SMARTS) is 1. The van der Waals surface area contributed by atoms with Gasteiger partial charge >= 0.3 is 5.97 Å². The number of carboxylic acids is 1. The van der Waals surface area contributed by atoms with Crippen molar-refractivity contribution in [2.75, 3.05) is 44.8 Å². The van der Waals surface area contributed by atoms with Crippen LogP contribution in [-0.2, 0) is 4.79 Å². The average Bonchev–Trinajstić information content (AvgIpc) is 3.28. The van der Waals surface area contributed by atoms with Crippen LogP contribution in [0.4, 0.5) is 5.82 Å². The van der Waals surface area contributed by atoms with Crippen molar-refractivity contribution in [3.8, 4) is 11.5 Å². The smallest absolute Gasteiger partial charge is 0.337 e. The summed E-state index contributed by atoms with van der Waals surface area (Å²) in [6.07, 6.45) is -1.03. The molecule has 41 heavy (non-hydrogen) atoms. The second-order valence-corrected chi connectivity index (χ2v) is 10.5. The lowest BCUT2D eigenvalue weighted by molar-refractivity contribution is -0.141. The first-order valence-electron chi connectivity index (χ1n) is 12.9. The van der Waals surface area contributed by atoms with Crippen LogP contribution in [0.25, 0.3) is 0 Å². The molecule has 2 aliphatic rings. The Morgan fingerprint density at radius 2 is 1.85 bits per heavy atom. The Morgan fingerprint density at radius 3 is 2.39 bits per heavy atom. The van der Waals surface area contributed by atoms with Gasteiger partial charge in [-0.3, -0.25) is 4.79 Å². The third-order valence-corrected chi connectivity index (χ3v) is 7.84. The molecule has 224 valence electrons. The molecule has 0 radical (unpaired) electrons. The van der Waals surface area contributed by atoms with Crippen molar-refractivity contribution in [3.05, 3.63) is 52.1 Å². The summed E-state index contributed by atoms with van der Waals surface area (Å²) in [7, 11) is 1.55. The number of likely N-dealkylation sites (tertiary alicyclic amines) is 1. The zero-order valence-electron chi connectivity index (χ0n) is 23.3. The Kier molecular flexibility index (Phi) is 10.1. The summed E-state index contributed by atoms with van der Waals surface area (Å²) in [5.74, 6) is -0.0588. The van der Waals surface area contributed by atoms with Gasteiger partial charge in [-0.15, -0.1) is 4.91 Å². The van der Waals surface area contributed by atoms with Crippen LogP contribution < -0.4 is 14.4 Å². The van der Waals surface area contributed by atoms with Gasteiger partial charge in [0.15, 0.2) is 22.9 Å². The largest absolute Gasteiger partial charge is 0.493 e. The van der Waals surface area contributed by atoms with Crippen LogP contribution in [0.5, 0.6) is 11.5 Å². The van der Waals surface area contributed by atoms with Gasteiger partial charge in [-0.25, -0.2) is 9.78 Å². The summed E-state index contributed by atoms with van der Waals surface area (Å²) in [5.41, 5.74) is 0.981. The SMILES string of the molecule is COc1ccc([C@@H]2CN(C(=O)C(O)CO)C[C@@]2(C)[C@@H](C)O)cc1OC1CN(c2cc(C)c(C(=O)O)cn2)C1.O=NO. The van der Waals surface area contributed by atoms with Crippen LogP contribution in [0.15, 0.2) is 35.8 Å². The fraction of sp³-hybridized carbons (Fsp3) is 0.519. The van der Waals surface area contributed by atoms with Gasteiger partial charge < -0.3 is 44.9 Å². The second-order valence-electron chi connectivity index (χ2n) is 10.5. The number of benzene rings is 1. The van der Waals surface area contributed by atoms with Gasteiger partial charge in [0.2, 0.25) is 0 Å². The molecule has 4 rings (SSSR count). The number of ether oxygens (including phenoxy) is 2. The van der Waals surface area contributed by atoms with E-state index in [0.29, 0.717) is 36.0 Å². The molecule has 1 amide bonds. The van der Waals surface area contributed by atoms with E-state index in [9.17, 15) is 30.0 Å². The monoisotopic (exact) mass is 576 g/mol. The Labute approximate surface area is 236 Å². The quantitative estimate of drug-likeness (QED) is 0.211. The minimum atomic E-state index is -1.50. The van der Waals surface area contributed by atoms with E-state index >= 15 is 0 Å². The number of nitrogens with zero attached hydrogens (tertiary/aromatic N) is 4. The number of aromatic nitrogens is 1. The first-order valence-corrected chi connectivity index (χ1v) is 12.9. The molecule has 5 N–H and O–H groups in total. The second kappa shape index (κ2) is 13.1. The standard InChI is InChI=1S/C27H35N3O8.HNO2/c1-15-7-24(28-9-19(15)26(35)36)29-10-18(11-29)38-23-8-17(5-6-22(23)37-4)20-12-30(25(34)21(33)13-31)14-27(20,3)16(2)32;2-1-3/h5-9,16,18,20-21,31-33H,10-14H2,1-4H3,(H,35,36);(H,2,3)/t16-,20+,21?,27+;/m1./s1. The molecule has 1 aromatic heterocycles. The van der Waals surface area contributed by atoms with Gasteiger partial charge in [-0.05, 0) is 43.2 Å². The highest BCUT2D eigenvalue weighted by atomic mass is 16.6. The Bertz CT molecular complexity index is 1250. The van der Waals surface area contributed by atoms with Crippen molar-refractivity contribution in [3.63, 3.8) is 0 Å². The topological polar surface area (TPSA) is 203 Å². The van der Waals surface area contributed by atoms with Crippen LogP contribution in [0.1, 0.15) is 41.3 Å². The number of methoxy groups -OCH3 is 1. The Balaban J connectivity index is 0.00000147. The molecule has 0 saturated carbocycles. The van der Waals surface area contributed by atoms with Crippen molar-refractivity contribution >= 4 is 17.7 Å². The fourth-order valence-electron chi connectivity index (χ4n) is 5.20. The summed E-state index contributed by atoms with van der Waals surface area (Å²) in [6, 6.07) is 7.30. The predicted molar refractivity (Wildman–Crippen MR) is 145 cm³/mol. The number of aliphatic hydroxyl groups excluding tert-OH is 3. The van der Waals surface area contributed by atoms with E-state index in [0.717, 1.165) is 5.56 Å². The maximum atomic E-state index is 12.6. The third-order valence-electron chi connectivity index (χ3n) is 7.84. The van der Waals surface area contributed by atoms with Crippen molar-refractivity contribution < 1.29 is 44.7 Å². The van der Waals surface area contributed by atoms with Crippen molar-refractivity contribution in [1.29, 1.82) is 0 Å². The zero-order chi connectivity index (χ0) is 30.5. The van der Waals surface area contributed by atoms with Crippen molar-refractivity contribution in [2.45, 2.75) is 45.0 Å². The molecule has 14 heteroatoms. The molecule has 2 fully saturated rings. The highest BCUT2D eigenvalue weighted by molar-refractivity contribution is 5.89. The molecule has 1 aromatic carbocycles. The van der Waals surface area contributed by atoms with Crippen molar-refractivity contribution in [1.82, 2.24) is 9.88 Å². The molecule has 14 nitrogen and oxygen atoms in total. The normalized spacial score (nSPS) is 21.7. The molecule has 1 unspecified atom stereocenters. The Morgan fingerprint density at radius 1 is 1.20 bits per heavy atom. The molecular formula is C27H36N4O10. The van der Waals surface area contributed by atoms with E-state index in [1.807, 2.05) is 24.0 Å². The first-order chi connectivity index (χ1) is 19.4. The van der Waals surface area contributed by atoms with E-state index in [1.165, 1.54) is 16.4 Å². The summed E-state index contributed by atoms with van der Waals surface area (Å²) >= 11 is 0. The lowest BCUT2D eigenvalue weighted by Crippen LogP contribution is -2.54. The molecule has 0 spiro atoms. The van der Waals surface area contributed by atoms with E-state index < -0.39 is 36.1 Å². The lowest BCUT2D eigenvalue weighted by Gasteiger charge is -2.40. The number of pyridine rings is 1. The van der Waals surface area contributed by atoms with Crippen molar-refractivity contribution in [2.24, 2.45) is 10.8 Å². The number of carbonyl (C=O) groups is 2. The number of hydrogen-bond acceptors (Lipinski definition) is 11. The summed E-state index contributed by atoms with van der Waals surface area (Å²) < 4.78 is 11.8. The van der Waals surface area contributed by atoms with Gasteiger partial charge in [0.05, 0.1) is 38.5 Å². The lowest BCUT2D eigenvalue weighted by atomic mass is 9.72. The summed E-state index contributed by atoms with van der Waals surface area (Å²) in [4.78, 5) is 39.7. The average molecular weight is 577 g/mol. The minimum Gasteiger partial charge on any atom is -0.493 e. The molecule has 2 aliphatic heterocycles. The Hall–Kier alpha value is -4.01. The van der Waals surface area contributed by atoms with E-state index in [4.69, 9.17) is 19.6 Å².